The van der Waals surface area contributed by atoms with Crippen molar-refractivity contribution in [2.75, 3.05) is 11.9 Å². The molecule has 0 aliphatic carbocycles. The van der Waals surface area contributed by atoms with E-state index in [0.29, 0.717) is 35.9 Å². The zero-order valence-corrected chi connectivity index (χ0v) is 20.4. The second-order valence-corrected chi connectivity index (χ2v) is 9.39. The Morgan fingerprint density at radius 1 is 1.00 bits per heavy atom. The SMILES string of the molecule is C=CCc1cc(CNc2ccc(CC)cc2)cc(OCC)c1OS(=O)(=O)c1ccc(Cl)cc1. The number of hydrogen-bond donors (Lipinski definition) is 1. The smallest absolute Gasteiger partial charge is 0.339 e. The van der Waals surface area contributed by atoms with Crippen LogP contribution in [0.4, 0.5) is 5.69 Å². The summed E-state index contributed by atoms with van der Waals surface area (Å²) in [5.74, 6) is 0.537. The summed E-state index contributed by atoms with van der Waals surface area (Å²) in [6, 6.07) is 17.8. The fraction of sp³-hybridized carbons (Fsp3) is 0.231. The number of rotatable bonds is 11. The molecule has 0 radical (unpaired) electrons. The van der Waals surface area contributed by atoms with Gasteiger partial charge in [0.15, 0.2) is 11.5 Å². The van der Waals surface area contributed by atoms with Gasteiger partial charge in [0.1, 0.15) is 4.90 Å². The van der Waals surface area contributed by atoms with Crippen LogP contribution in [0.5, 0.6) is 11.5 Å². The third kappa shape index (κ3) is 6.53. The number of halogens is 1. The van der Waals surface area contributed by atoms with Crippen LogP contribution in [0.2, 0.25) is 5.02 Å². The highest BCUT2D eigenvalue weighted by Crippen LogP contribution is 2.36. The van der Waals surface area contributed by atoms with Gasteiger partial charge in [-0.3, -0.25) is 0 Å². The zero-order chi connectivity index (χ0) is 23.8. The van der Waals surface area contributed by atoms with E-state index < -0.39 is 10.1 Å². The molecule has 5 nitrogen and oxygen atoms in total. The Morgan fingerprint density at radius 2 is 1.70 bits per heavy atom. The van der Waals surface area contributed by atoms with Crippen LogP contribution >= 0.6 is 11.6 Å². The maximum Gasteiger partial charge on any atom is 0.339 e. The first kappa shape index (κ1) is 24.7. The minimum Gasteiger partial charge on any atom is -0.490 e. The number of allylic oxidation sites excluding steroid dienone is 1. The average molecular weight is 486 g/mol. The molecule has 0 saturated carbocycles. The van der Waals surface area contributed by atoms with E-state index in [1.807, 2.05) is 25.1 Å². The van der Waals surface area contributed by atoms with Crippen LogP contribution < -0.4 is 14.2 Å². The maximum absolute atomic E-state index is 12.9. The molecule has 7 heteroatoms. The first-order chi connectivity index (χ1) is 15.9. The topological polar surface area (TPSA) is 64.6 Å². The Hall–Kier alpha value is -2.96. The van der Waals surface area contributed by atoms with Crippen LogP contribution in [-0.2, 0) is 29.5 Å². The molecule has 0 aliphatic rings. The molecule has 0 amide bonds. The second-order valence-electron chi connectivity index (χ2n) is 7.40. The lowest BCUT2D eigenvalue weighted by atomic mass is 10.1. The number of benzene rings is 3. The summed E-state index contributed by atoms with van der Waals surface area (Å²) in [5, 5.41) is 3.84. The lowest BCUT2D eigenvalue weighted by molar-refractivity contribution is 0.326. The van der Waals surface area contributed by atoms with Crippen molar-refractivity contribution in [2.24, 2.45) is 0 Å². The highest BCUT2D eigenvalue weighted by atomic mass is 35.5. The molecule has 0 spiro atoms. The second kappa shape index (κ2) is 11.3. The lowest BCUT2D eigenvalue weighted by Crippen LogP contribution is -2.13. The van der Waals surface area contributed by atoms with Crippen molar-refractivity contribution >= 4 is 27.4 Å². The van der Waals surface area contributed by atoms with Crippen molar-refractivity contribution in [3.63, 3.8) is 0 Å². The van der Waals surface area contributed by atoms with E-state index in [0.717, 1.165) is 17.7 Å². The summed E-state index contributed by atoms with van der Waals surface area (Å²) in [5.41, 5.74) is 3.88. The van der Waals surface area contributed by atoms with Gasteiger partial charge >= 0.3 is 10.1 Å². The molecular formula is C26H28ClNO4S. The van der Waals surface area contributed by atoms with Crippen LogP contribution in [0.1, 0.15) is 30.5 Å². The summed E-state index contributed by atoms with van der Waals surface area (Å²) in [6.45, 7) is 8.66. The highest BCUT2D eigenvalue weighted by Gasteiger charge is 2.22. The minimum absolute atomic E-state index is 0.0140. The summed E-state index contributed by atoms with van der Waals surface area (Å²) in [7, 11) is -4.08. The Kier molecular flexibility index (Phi) is 8.42. The molecule has 0 aliphatic heterocycles. The van der Waals surface area contributed by atoms with Gasteiger partial charge in [-0.1, -0.05) is 36.7 Å². The lowest BCUT2D eigenvalue weighted by Gasteiger charge is -2.18. The largest absolute Gasteiger partial charge is 0.490 e. The number of hydrogen-bond acceptors (Lipinski definition) is 5. The Bertz CT molecular complexity index is 1190. The fourth-order valence-electron chi connectivity index (χ4n) is 3.31. The van der Waals surface area contributed by atoms with E-state index in [4.69, 9.17) is 20.5 Å². The molecule has 174 valence electrons. The Morgan fingerprint density at radius 3 is 2.30 bits per heavy atom. The molecule has 3 rings (SSSR count). The van der Waals surface area contributed by atoms with Gasteiger partial charge in [0.05, 0.1) is 6.61 Å². The van der Waals surface area contributed by atoms with E-state index in [9.17, 15) is 8.42 Å². The van der Waals surface area contributed by atoms with Crippen molar-refractivity contribution in [3.05, 3.63) is 95.0 Å². The number of ether oxygens (including phenoxy) is 1. The highest BCUT2D eigenvalue weighted by molar-refractivity contribution is 7.87. The molecule has 3 aromatic carbocycles. The van der Waals surface area contributed by atoms with Gasteiger partial charge in [0.2, 0.25) is 0 Å². The van der Waals surface area contributed by atoms with Gasteiger partial charge in [-0.15, -0.1) is 6.58 Å². The predicted octanol–water partition coefficient (Wildman–Crippen LogP) is 6.41. The Labute approximate surface area is 201 Å². The van der Waals surface area contributed by atoms with Crippen LogP contribution in [0.15, 0.2) is 78.2 Å². The van der Waals surface area contributed by atoms with Gasteiger partial charge in [-0.25, -0.2) is 0 Å². The first-order valence-electron chi connectivity index (χ1n) is 10.8. The molecule has 0 heterocycles. The number of anilines is 1. The first-order valence-corrected chi connectivity index (χ1v) is 12.6. The van der Waals surface area contributed by atoms with E-state index in [-0.39, 0.29) is 10.6 Å². The maximum atomic E-state index is 12.9. The van der Waals surface area contributed by atoms with Crippen molar-refractivity contribution in [1.29, 1.82) is 0 Å². The van der Waals surface area contributed by atoms with Crippen molar-refractivity contribution in [3.8, 4) is 11.5 Å². The molecule has 3 aromatic rings. The average Bonchev–Trinajstić information content (AvgIpc) is 2.80. The van der Waals surface area contributed by atoms with Crippen molar-refractivity contribution in [1.82, 2.24) is 0 Å². The van der Waals surface area contributed by atoms with E-state index in [2.05, 4.69) is 31.0 Å². The molecule has 0 atom stereocenters. The van der Waals surface area contributed by atoms with Gasteiger partial charge in [-0.2, -0.15) is 8.42 Å². The van der Waals surface area contributed by atoms with Crippen molar-refractivity contribution in [2.45, 2.75) is 38.1 Å². The summed E-state index contributed by atoms with van der Waals surface area (Å²) in [6.07, 6.45) is 3.11. The molecule has 0 saturated heterocycles. The zero-order valence-electron chi connectivity index (χ0n) is 18.8. The molecule has 0 fully saturated rings. The van der Waals surface area contributed by atoms with Crippen LogP contribution in [-0.4, -0.2) is 15.0 Å². The third-order valence-electron chi connectivity index (χ3n) is 5.01. The molecular weight excluding hydrogens is 458 g/mol. The molecule has 33 heavy (non-hydrogen) atoms. The summed E-state index contributed by atoms with van der Waals surface area (Å²) < 4.78 is 37.2. The molecule has 0 unspecified atom stereocenters. The van der Waals surface area contributed by atoms with Crippen LogP contribution in [0.25, 0.3) is 0 Å². The molecule has 1 N–H and O–H groups in total. The predicted molar refractivity (Wildman–Crippen MR) is 134 cm³/mol. The van der Waals surface area contributed by atoms with Gasteiger partial charge in [-0.05, 0) is 79.4 Å². The quantitative estimate of drug-likeness (QED) is 0.251. The fourth-order valence-corrected chi connectivity index (χ4v) is 4.41. The van der Waals surface area contributed by atoms with Gasteiger partial charge in [0.25, 0.3) is 0 Å². The van der Waals surface area contributed by atoms with E-state index in [1.165, 1.54) is 29.8 Å². The van der Waals surface area contributed by atoms with Gasteiger partial charge < -0.3 is 14.2 Å². The van der Waals surface area contributed by atoms with Crippen LogP contribution in [0.3, 0.4) is 0 Å². The molecule has 0 bridgehead atoms. The molecule has 0 aromatic heterocycles. The van der Waals surface area contributed by atoms with Crippen molar-refractivity contribution < 1.29 is 17.3 Å². The summed E-state index contributed by atoms with van der Waals surface area (Å²) >= 11 is 5.89. The van der Waals surface area contributed by atoms with E-state index in [1.54, 1.807) is 12.1 Å². The standard InChI is InChI=1S/C26H28ClNO4S/c1-4-7-21-16-20(18-28-23-12-8-19(5-2)9-13-23)17-25(31-6-3)26(21)32-33(29,30)24-14-10-22(27)11-15-24/h4,8-17,28H,1,5-7,18H2,2-3H3. The van der Waals surface area contributed by atoms with Crippen LogP contribution in [0, 0.1) is 0 Å². The number of aryl methyl sites for hydroxylation is 1. The Balaban J connectivity index is 1.91. The minimum atomic E-state index is -4.08. The number of nitrogens with one attached hydrogen (secondary N) is 1. The summed E-state index contributed by atoms with van der Waals surface area (Å²) in [4.78, 5) is 0.0140. The third-order valence-corrected chi connectivity index (χ3v) is 6.50. The van der Waals surface area contributed by atoms with Gasteiger partial charge in [0, 0.05) is 22.8 Å². The monoisotopic (exact) mass is 485 g/mol. The normalized spacial score (nSPS) is 11.1. The van der Waals surface area contributed by atoms with E-state index >= 15 is 0 Å².